The molecule has 4 nitrogen and oxygen atoms in total. The molecule has 0 radical (unpaired) electrons. The largest absolute Gasteiger partial charge is 0.657 e. The maximum atomic E-state index is 4.95. The van der Waals surface area contributed by atoms with E-state index in [0.29, 0.717) is 24.2 Å². The minimum atomic E-state index is 0.401. The van der Waals surface area contributed by atoms with Gasteiger partial charge >= 0.3 is 39.3 Å². The van der Waals surface area contributed by atoms with Crippen molar-refractivity contribution in [3.8, 4) is 0 Å². The molecule has 0 amide bonds. The van der Waals surface area contributed by atoms with E-state index in [1.165, 1.54) is 84.5 Å². The fourth-order valence-corrected chi connectivity index (χ4v) is 6.26. The molecule has 2 saturated carbocycles. The van der Waals surface area contributed by atoms with E-state index in [1.54, 1.807) is 0 Å². The van der Waals surface area contributed by atoms with E-state index in [-0.39, 0.29) is 0 Å². The first-order valence-corrected chi connectivity index (χ1v) is 21.8. The van der Waals surface area contributed by atoms with Crippen LogP contribution in [0.2, 0.25) is 0 Å². The molecule has 6 rings (SSSR count). The predicted molar refractivity (Wildman–Crippen MR) is 204 cm³/mol. The van der Waals surface area contributed by atoms with Crippen LogP contribution in [0.1, 0.15) is 73.6 Å². The van der Waals surface area contributed by atoms with E-state index in [1.807, 2.05) is 0 Å². The van der Waals surface area contributed by atoms with Crippen molar-refractivity contribution < 1.29 is 10.9 Å². The van der Waals surface area contributed by atoms with Crippen LogP contribution < -0.4 is 0 Å². The maximum absolute atomic E-state index is 4.95. The Labute approximate surface area is 304 Å². The molecule has 2 fully saturated rings. The molecule has 0 aromatic heterocycles. The summed E-state index contributed by atoms with van der Waals surface area (Å²) >= 11 is 6.00. The molecule has 0 spiro atoms. The van der Waals surface area contributed by atoms with Crippen LogP contribution in [-0.4, -0.2) is 24.2 Å². The van der Waals surface area contributed by atoms with Gasteiger partial charge in [0.15, 0.2) is 0 Å². The molecule has 2 unspecified atom stereocenters. The number of hydrogen-bond acceptors (Lipinski definition) is 0. The smallest absolute Gasteiger partial charge is 0.0548 e. The fourth-order valence-electron chi connectivity index (χ4n) is 6.26. The Morgan fingerprint density at radius 1 is 0.383 bits per heavy atom. The third-order valence-corrected chi connectivity index (χ3v) is 8.79. The van der Waals surface area contributed by atoms with Crippen LogP contribution in [0.25, 0.3) is 21.3 Å². The Morgan fingerprint density at radius 2 is 0.574 bits per heavy atom. The summed E-state index contributed by atoms with van der Waals surface area (Å²) in [6.07, 6.45) is 9.93. The second-order valence-corrected chi connectivity index (χ2v) is 17.2. The van der Waals surface area contributed by atoms with Crippen LogP contribution in [0.5, 0.6) is 0 Å². The van der Waals surface area contributed by atoms with Gasteiger partial charge in [-0.2, -0.15) is 24.2 Å². The van der Waals surface area contributed by atoms with Crippen LogP contribution >= 0.6 is 28.5 Å². The second-order valence-electron chi connectivity index (χ2n) is 12.2. The minimum Gasteiger partial charge on any atom is -0.657 e. The molecular weight excluding hydrogens is 755 g/mol. The molecule has 4 atom stereocenters. The molecule has 0 heterocycles. The van der Waals surface area contributed by atoms with E-state index in [0.717, 1.165) is 26.2 Å². The van der Waals surface area contributed by atoms with Crippen LogP contribution in [0.3, 0.4) is 0 Å². The van der Waals surface area contributed by atoms with E-state index in [9.17, 15) is 0 Å². The van der Waals surface area contributed by atoms with Gasteiger partial charge in [-0.15, -0.1) is 26.2 Å². The molecule has 0 aliphatic heterocycles. The Morgan fingerprint density at radius 3 is 0.766 bits per heavy atom. The predicted octanol–water partition coefficient (Wildman–Crippen LogP) is 12.6. The summed E-state index contributed by atoms with van der Waals surface area (Å²) in [6, 6.07) is 43.8. The molecule has 0 N–H and O–H groups in total. The molecule has 2 aliphatic rings. The molecule has 7 heteroatoms. The van der Waals surface area contributed by atoms with Gasteiger partial charge in [-0.1, -0.05) is 195 Å². The van der Waals surface area contributed by atoms with Gasteiger partial charge in [0.25, 0.3) is 0 Å². The monoisotopic (exact) mass is 800 g/mol. The first-order chi connectivity index (χ1) is 23.2. The average Bonchev–Trinajstić information content (AvgIpc) is 3.14. The van der Waals surface area contributed by atoms with Crippen molar-refractivity contribution in [1.82, 2.24) is 0 Å². The molecule has 4 aromatic rings. The Balaban J connectivity index is 0.000000197. The van der Waals surface area contributed by atoms with Gasteiger partial charge in [-0.3, -0.25) is 0 Å². The quantitative estimate of drug-likeness (QED) is 0.128. The summed E-state index contributed by atoms with van der Waals surface area (Å²) < 4.78 is 0. The molecule has 0 bridgehead atoms. The van der Waals surface area contributed by atoms with Gasteiger partial charge in [0.1, 0.15) is 0 Å². The van der Waals surface area contributed by atoms with Gasteiger partial charge in [0.05, 0.1) is 0 Å². The van der Waals surface area contributed by atoms with Crippen LogP contribution in [-0.2, 0) is 37.1 Å². The van der Waals surface area contributed by atoms with Gasteiger partial charge in [0.2, 0.25) is 0 Å². The van der Waals surface area contributed by atoms with E-state index >= 15 is 0 Å². The zero-order valence-electron chi connectivity index (χ0n) is 27.2. The summed E-state index contributed by atoms with van der Waals surface area (Å²) in [7, 11) is 1.25. The molecular formula is C40H48Br2N4Ni-4. The van der Waals surface area contributed by atoms with E-state index in [4.69, 9.17) is 21.3 Å². The third kappa shape index (κ3) is 15.1. The first-order valence-electron chi connectivity index (χ1n) is 16.9. The van der Waals surface area contributed by atoms with Gasteiger partial charge < -0.3 is 21.3 Å². The normalized spacial score (nSPS) is 20.7. The number of hydrogen-bond donors (Lipinski definition) is 0. The summed E-state index contributed by atoms with van der Waals surface area (Å²) in [6.45, 7) is 3.29. The molecule has 256 valence electrons. The van der Waals surface area contributed by atoms with Crippen molar-refractivity contribution >= 4 is 28.5 Å². The number of halogens is 2. The van der Waals surface area contributed by atoms with Crippen molar-refractivity contribution in [1.29, 1.82) is 0 Å². The zero-order chi connectivity index (χ0) is 32.8. The van der Waals surface area contributed by atoms with Crippen molar-refractivity contribution in [2.75, 3.05) is 0 Å². The molecule has 47 heavy (non-hydrogen) atoms. The summed E-state index contributed by atoms with van der Waals surface area (Å²) in [5, 5.41) is 19.8. The number of nitrogens with zero attached hydrogens (tertiary/aromatic N) is 4. The third-order valence-electron chi connectivity index (χ3n) is 8.79. The van der Waals surface area contributed by atoms with E-state index in [2.05, 4.69) is 150 Å². The zero-order valence-corrected chi connectivity index (χ0v) is 31.4. The van der Waals surface area contributed by atoms with Crippen molar-refractivity contribution in [2.45, 2.75) is 102 Å². The first kappa shape index (κ1) is 38.0. The van der Waals surface area contributed by atoms with Crippen LogP contribution in [0.15, 0.2) is 121 Å². The molecule has 2 aliphatic carbocycles. The van der Waals surface area contributed by atoms with Crippen LogP contribution in [0.4, 0.5) is 0 Å². The second kappa shape index (κ2) is 23.5. The maximum Gasteiger partial charge on any atom is -0.0548 e. The standard InChI is InChI=1S/2C20H24N2.2BrH.Ni/c2*1-3-9-17(10-4-1)15-21-19-13-7-8-14-20(19)22-16-18-11-5-2-6-12-18;;;/h2*1-6,9-12,19-20H,7-8,13-16H2;2*1H;/q2*-2;;;+2/p-2/t2*19-,20?;;;/m00.../s1. The summed E-state index contributed by atoms with van der Waals surface area (Å²) in [4.78, 5) is 0. The number of benzene rings is 4. The van der Waals surface area contributed by atoms with Crippen molar-refractivity contribution in [2.24, 2.45) is 0 Å². The van der Waals surface area contributed by atoms with Gasteiger partial charge in [-0.25, -0.2) is 0 Å². The summed E-state index contributed by atoms with van der Waals surface area (Å²) in [5.41, 5.74) is 5.20. The van der Waals surface area contributed by atoms with E-state index < -0.39 is 0 Å². The average molecular weight is 803 g/mol. The summed E-state index contributed by atoms with van der Waals surface area (Å²) in [5.74, 6) is 0. The number of rotatable bonds is 12. The van der Waals surface area contributed by atoms with Crippen molar-refractivity contribution in [3.05, 3.63) is 165 Å². The van der Waals surface area contributed by atoms with Gasteiger partial charge in [-0.05, 0) is 0 Å². The topological polar surface area (TPSA) is 56.4 Å². The van der Waals surface area contributed by atoms with Gasteiger partial charge in [0, 0.05) is 0 Å². The molecule has 0 saturated heterocycles. The minimum absolute atomic E-state index is 0.401. The van der Waals surface area contributed by atoms with Crippen LogP contribution in [0, 0.1) is 0 Å². The Hall–Kier alpha value is -1.83. The Bertz CT molecular complexity index is 1110. The molecule has 4 aromatic carbocycles. The SMILES string of the molecule is [Br][Ni][Br].c1ccc(C[N-]C2CCCC[C@@H]2[N-]Cc2ccccc2)cc1.c1ccc(C[N-]C2CCCC[C@@H]2[N-]Cc2ccccc2)cc1. The fraction of sp³-hybridized carbons (Fsp3) is 0.400. The van der Waals surface area contributed by atoms with Crippen molar-refractivity contribution in [3.63, 3.8) is 0 Å². The Kier molecular flexibility index (Phi) is 19.0.